The summed E-state index contributed by atoms with van der Waals surface area (Å²) in [6.45, 7) is 5.11. The minimum absolute atomic E-state index is 0.00893. The zero-order valence-electron chi connectivity index (χ0n) is 10.4. The van der Waals surface area contributed by atoms with Gasteiger partial charge in [-0.3, -0.25) is 9.59 Å². The van der Waals surface area contributed by atoms with E-state index in [0.29, 0.717) is 13.0 Å². The maximum atomic E-state index is 11.5. The van der Waals surface area contributed by atoms with Crippen molar-refractivity contribution in [1.29, 1.82) is 0 Å². The summed E-state index contributed by atoms with van der Waals surface area (Å²) in [4.78, 5) is 22.4. The minimum atomic E-state index is -0.249. The van der Waals surface area contributed by atoms with Gasteiger partial charge in [-0.05, 0) is 13.3 Å². The lowest BCUT2D eigenvalue weighted by molar-refractivity contribution is -0.123. The molecule has 1 atom stereocenters. The molecule has 1 unspecified atom stereocenters. The highest BCUT2D eigenvalue weighted by atomic mass is 16.2. The highest BCUT2D eigenvalue weighted by Gasteiger charge is 2.11. The van der Waals surface area contributed by atoms with Gasteiger partial charge < -0.3 is 16.0 Å². The van der Waals surface area contributed by atoms with Gasteiger partial charge in [0.1, 0.15) is 0 Å². The summed E-state index contributed by atoms with van der Waals surface area (Å²) in [5, 5.41) is 8.37. The molecular weight excluding hydrogens is 206 g/mol. The maximum Gasteiger partial charge on any atom is 0.236 e. The topological polar surface area (TPSA) is 70.2 Å². The Morgan fingerprint density at radius 1 is 1.25 bits per heavy atom. The molecule has 0 bridgehead atoms. The molecule has 0 spiro atoms. The third-order valence-corrected chi connectivity index (χ3v) is 2.30. The summed E-state index contributed by atoms with van der Waals surface area (Å²) >= 11 is 0. The molecule has 0 aromatic rings. The van der Waals surface area contributed by atoms with Crippen LogP contribution in [-0.4, -0.2) is 38.0 Å². The Morgan fingerprint density at radius 3 is 2.50 bits per heavy atom. The second-order valence-electron chi connectivity index (χ2n) is 3.74. The van der Waals surface area contributed by atoms with Gasteiger partial charge in [0.05, 0.1) is 6.04 Å². The quantitative estimate of drug-likeness (QED) is 0.514. The number of unbranched alkanes of at least 4 members (excludes halogenated alkanes) is 1. The Kier molecular flexibility index (Phi) is 8.52. The number of amides is 2. The summed E-state index contributed by atoms with van der Waals surface area (Å²) in [6.07, 6.45) is 2.46. The normalized spacial score (nSPS) is 11.9. The average Bonchev–Trinajstić information content (AvgIpc) is 2.28. The first kappa shape index (κ1) is 14.9. The van der Waals surface area contributed by atoms with Crippen LogP contribution >= 0.6 is 0 Å². The van der Waals surface area contributed by atoms with Gasteiger partial charge >= 0.3 is 0 Å². The van der Waals surface area contributed by atoms with Crippen molar-refractivity contribution in [3.05, 3.63) is 0 Å². The van der Waals surface area contributed by atoms with E-state index in [9.17, 15) is 9.59 Å². The summed E-state index contributed by atoms with van der Waals surface area (Å²) < 4.78 is 0. The number of hydrogen-bond acceptors (Lipinski definition) is 3. The average molecular weight is 229 g/mol. The second-order valence-corrected chi connectivity index (χ2v) is 3.74. The van der Waals surface area contributed by atoms with Crippen molar-refractivity contribution in [2.75, 3.05) is 20.1 Å². The smallest absolute Gasteiger partial charge is 0.236 e. The predicted octanol–water partition coefficient (Wildman–Crippen LogP) is 0.0169. The van der Waals surface area contributed by atoms with Crippen molar-refractivity contribution in [2.24, 2.45) is 0 Å². The van der Waals surface area contributed by atoms with Crippen molar-refractivity contribution in [2.45, 2.75) is 39.2 Å². The minimum Gasteiger partial charge on any atom is -0.359 e. The molecule has 0 aliphatic rings. The number of nitrogens with one attached hydrogen (secondary N) is 3. The first-order valence-electron chi connectivity index (χ1n) is 5.83. The molecule has 16 heavy (non-hydrogen) atoms. The van der Waals surface area contributed by atoms with E-state index >= 15 is 0 Å². The number of carbonyl (C=O) groups excluding carboxylic acids is 2. The highest BCUT2D eigenvalue weighted by molar-refractivity contribution is 5.81. The van der Waals surface area contributed by atoms with Crippen molar-refractivity contribution in [3.8, 4) is 0 Å². The number of hydrogen-bond donors (Lipinski definition) is 3. The molecule has 0 aromatic heterocycles. The van der Waals surface area contributed by atoms with Crippen LogP contribution in [0.25, 0.3) is 0 Å². The number of carbonyl (C=O) groups is 2. The molecule has 0 aliphatic carbocycles. The zero-order chi connectivity index (χ0) is 12.4. The van der Waals surface area contributed by atoms with Gasteiger partial charge in [-0.15, -0.1) is 0 Å². The molecule has 5 nitrogen and oxygen atoms in total. The van der Waals surface area contributed by atoms with Gasteiger partial charge in [-0.1, -0.05) is 13.3 Å². The van der Waals surface area contributed by atoms with E-state index < -0.39 is 0 Å². The van der Waals surface area contributed by atoms with E-state index in [2.05, 4.69) is 22.9 Å². The van der Waals surface area contributed by atoms with E-state index in [-0.39, 0.29) is 17.9 Å². The predicted molar refractivity (Wildman–Crippen MR) is 64.1 cm³/mol. The summed E-state index contributed by atoms with van der Waals surface area (Å²) in [5.41, 5.74) is 0. The third kappa shape index (κ3) is 7.23. The van der Waals surface area contributed by atoms with Crippen molar-refractivity contribution < 1.29 is 9.59 Å². The fourth-order valence-corrected chi connectivity index (χ4v) is 1.16. The van der Waals surface area contributed by atoms with Crippen molar-refractivity contribution in [3.63, 3.8) is 0 Å². The lowest BCUT2D eigenvalue weighted by Crippen LogP contribution is -2.43. The van der Waals surface area contributed by atoms with Crippen molar-refractivity contribution in [1.82, 2.24) is 16.0 Å². The van der Waals surface area contributed by atoms with Crippen LogP contribution in [0.3, 0.4) is 0 Å². The molecule has 0 aliphatic heterocycles. The summed E-state index contributed by atoms with van der Waals surface area (Å²) in [5.74, 6) is -0.0311. The van der Waals surface area contributed by atoms with Gasteiger partial charge in [0.15, 0.2) is 0 Å². The molecule has 0 saturated heterocycles. The molecule has 5 heteroatoms. The molecule has 0 saturated carbocycles. The first-order chi connectivity index (χ1) is 7.61. The van der Waals surface area contributed by atoms with Crippen LogP contribution in [0.5, 0.6) is 0 Å². The number of rotatable bonds is 8. The molecule has 0 heterocycles. The van der Waals surface area contributed by atoms with Gasteiger partial charge in [0.2, 0.25) is 11.8 Å². The highest BCUT2D eigenvalue weighted by Crippen LogP contribution is 1.87. The second kappa shape index (κ2) is 9.15. The molecule has 0 fully saturated rings. The van der Waals surface area contributed by atoms with Crippen LogP contribution in [0.4, 0.5) is 0 Å². The lowest BCUT2D eigenvalue weighted by atomic mass is 10.2. The lowest BCUT2D eigenvalue weighted by Gasteiger charge is -2.13. The van der Waals surface area contributed by atoms with E-state index in [1.165, 1.54) is 0 Å². The SMILES string of the molecule is CCCCNC(=O)C(C)NCCC(=O)NC. The largest absolute Gasteiger partial charge is 0.359 e. The molecule has 2 amide bonds. The Labute approximate surface area is 97.4 Å². The van der Waals surface area contributed by atoms with Crippen LogP contribution in [0, 0.1) is 0 Å². The van der Waals surface area contributed by atoms with Gasteiger partial charge in [-0.25, -0.2) is 0 Å². The molecule has 0 rings (SSSR count). The molecule has 0 radical (unpaired) electrons. The van der Waals surface area contributed by atoms with Crippen LogP contribution in [0.15, 0.2) is 0 Å². The van der Waals surface area contributed by atoms with E-state index in [1.54, 1.807) is 14.0 Å². The van der Waals surface area contributed by atoms with E-state index in [4.69, 9.17) is 0 Å². The van der Waals surface area contributed by atoms with Crippen molar-refractivity contribution >= 4 is 11.8 Å². The van der Waals surface area contributed by atoms with Gasteiger partial charge in [-0.2, -0.15) is 0 Å². The zero-order valence-corrected chi connectivity index (χ0v) is 10.4. The summed E-state index contributed by atoms with van der Waals surface area (Å²) in [6, 6.07) is -0.249. The molecule has 3 N–H and O–H groups in total. The molecule has 0 aromatic carbocycles. The van der Waals surface area contributed by atoms with Crippen LogP contribution in [0.2, 0.25) is 0 Å². The Balaban J connectivity index is 3.58. The first-order valence-corrected chi connectivity index (χ1v) is 5.83. The fraction of sp³-hybridized carbons (Fsp3) is 0.818. The van der Waals surface area contributed by atoms with Crippen LogP contribution < -0.4 is 16.0 Å². The Morgan fingerprint density at radius 2 is 1.94 bits per heavy atom. The standard InChI is InChI=1S/C11H23N3O2/c1-4-5-7-14-11(16)9(2)13-8-6-10(15)12-3/h9,13H,4-8H2,1-3H3,(H,12,15)(H,14,16). The van der Waals surface area contributed by atoms with E-state index in [0.717, 1.165) is 19.4 Å². The molecular formula is C11H23N3O2. The van der Waals surface area contributed by atoms with Gasteiger partial charge in [0.25, 0.3) is 0 Å². The Hall–Kier alpha value is -1.10. The summed E-state index contributed by atoms with van der Waals surface area (Å²) in [7, 11) is 1.60. The maximum absolute atomic E-state index is 11.5. The molecule has 94 valence electrons. The Bertz CT molecular complexity index is 219. The van der Waals surface area contributed by atoms with Crippen LogP contribution in [0.1, 0.15) is 33.1 Å². The third-order valence-electron chi connectivity index (χ3n) is 2.30. The monoisotopic (exact) mass is 229 g/mol. The van der Waals surface area contributed by atoms with Gasteiger partial charge in [0, 0.05) is 26.6 Å². The van der Waals surface area contributed by atoms with Crippen LogP contribution in [-0.2, 0) is 9.59 Å². The fourth-order valence-electron chi connectivity index (χ4n) is 1.16. The van der Waals surface area contributed by atoms with E-state index in [1.807, 2.05) is 0 Å².